The third-order valence-electron chi connectivity index (χ3n) is 6.72. The Labute approximate surface area is 224 Å². The van der Waals surface area contributed by atoms with Crippen molar-refractivity contribution in [2.45, 2.75) is 119 Å². The van der Waals surface area contributed by atoms with Crippen molar-refractivity contribution in [2.75, 3.05) is 11.4 Å². The highest BCUT2D eigenvalue weighted by Crippen LogP contribution is 2.30. The summed E-state index contributed by atoms with van der Waals surface area (Å²) < 4.78 is 0. The summed E-state index contributed by atoms with van der Waals surface area (Å²) in [6, 6.07) is 14.7. The molecule has 3 N–H and O–H groups in total. The van der Waals surface area contributed by atoms with Gasteiger partial charge in [-0.25, -0.2) is 4.79 Å². The molecule has 200 valence electrons. The van der Waals surface area contributed by atoms with Crippen molar-refractivity contribution in [1.29, 1.82) is 0 Å². The molecule has 0 atom stereocenters. The quantitative estimate of drug-likeness (QED) is 0.173. The fraction of sp³-hybridized carbons (Fsp3) is 0.581. The number of phenols is 1. The van der Waals surface area contributed by atoms with Crippen molar-refractivity contribution in [1.82, 2.24) is 0 Å². The van der Waals surface area contributed by atoms with Gasteiger partial charge >= 0.3 is 6.03 Å². The van der Waals surface area contributed by atoms with Gasteiger partial charge in [-0.15, -0.1) is 0 Å². The molecule has 0 aliphatic heterocycles. The molecular formula is C31H48N2O2S. The highest BCUT2D eigenvalue weighted by atomic mass is 32.2. The van der Waals surface area contributed by atoms with Crippen LogP contribution in [0.25, 0.3) is 0 Å². The first-order valence-electron chi connectivity index (χ1n) is 14.2. The van der Waals surface area contributed by atoms with Gasteiger partial charge in [0.15, 0.2) is 0 Å². The van der Waals surface area contributed by atoms with Crippen LogP contribution in [-0.4, -0.2) is 17.7 Å². The molecule has 0 aromatic heterocycles. The summed E-state index contributed by atoms with van der Waals surface area (Å²) in [4.78, 5) is 15.8. The number of phenolic OH excluding ortho intramolecular Hbond substituents is 1. The van der Waals surface area contributed by atoms with Crippen molar-refractivity contribution < 1.29 is 9.90 Å². The lowest BCUT2D eigenvalue weighted by atomic mass is 10.0. The van der Waals surface area contributed by atoms with Crippen LogP contribution in [0.3, 0.4) is 0 Å². The van der Waals surface area contributed by atoms with Crippen LogP contribution in [0.15, 0.2) is 58.3 Å². The van der Waals surface area contributed by atoms with Crippen molar-refractivity contribution in [3.63, 3.8) is 0 Å². The van der Waals surface area contributed by atoms with Crippen LogP contribution in [0.4, 0.5) is 10.5 Å². The number of carbonyl (C=O) groups excluding carboxylic acids is 1. The second-order valence-electron chi connectivity index (χ2n) is 9.88. The molecule has 0 unspecified atom stereocenters. The molecule has 2 aromatic carbocycles. The maximum atomic E-state index is 12.0. The second kappa shape index (κ2) is 19.0. The summed E-state index contributed by atoms with van der Waals surface area (Å²) in [6.45, 7) is 2.94. The van der Waals surface area contributed by atoms with Gasteiger partial charge in [0.25, 0.3) is 0 Å². The highest BCUT2D eigenvalue weighted by Gasteiger charge is 2.12. The predicted octanol–water partition coefficient (Wildman–Crippen LogP) is 9.69. The fourth-order valence-corrected chi connectivity index (χ4v) is 5.35. The van der Waals surface area contributed by atoms with Crippen LogP contribution >= 0.6 is 11.8 Å². The van der Waals surface area contributed by atoms with Crippen LogP contribution in [0.5, 0.6) is 5.75 Å². The summed E-state index contributed by atoms with van der Waals surface area (Å²) >= 11 is 1.62. The molecule has 0 fully saturated rings. The van der Waals surface area contributed by atoms with Crippen LogP contribution in [0.2, 0.25) is 0 Å². The van der Waals surface area contributed by atoms with E-state index >= 15 is 0 Å². The van der Waals surface area contributed by atoms with E-state index in [0.29, 0.717) is 6.54 Å². The average molecular weight is 513 g/mol. The van der Waals surface area contributed by atoms with Crippen molar-refractivity contribution in [2.24, 2.45) is 5.73 Å². The minimum atomic E-state index is -0.394. The predicted molar refractivity (Wildman–Crippen MR) is 155 cm³/mol. The Hall–Kier alpha value is -2.14. The molecule has 0 radical (unpaired) electrons. The SMILES string of the molecule is CCCCCCCCCCCCCCCCCCN(C(N)=O)c1ccc(Sc2ccc(O)cc2)cc1. The summed E-state index contributed by atoms with van der Waals surface area (Å²) in [6.07, 6.45) is 21.4. The molecule has 5 heteroatoms. The van der Waals surface area contributed by atoms with E-state index in [2.05, 4.69) is 6.92 Å². The highest BCUT2D eigenvalue weighted by molar-refractivity contribution is 7.99. The largest absolute Gasteiger partial charge is 0.508 e. The number of hydrogen-bond acceptors (Lipinski definition) is 3. The van der Waals surface area contributed by atoms with E-state index in [0.717, 1.165) is 28.3 Å². The van der Waals surface area contributed by atoms with Gasteiger partial charge in [0.2, 0.25) is 0 Å². The summed E-state index contributed by atoms with van der Waals surface area (Å²) in [5.74, 6) is 0.265. The maximum absolute atomic E-state index is 12.0. The van der Waals surface area contributed by atoms with E-state index in [-0.39, 0.29) is 5.75 Å². The maximum Gasteiger partial charge on any atom is 0.319 e. The third kappa shape index (κ3) is 13.2. The molecule has 0 bridgehead atoms. The molecule has 4 nitrogen and oxygen atoms in total. The molecule has 0 heterocycles. The Morgan fingerprint density at radius 2 is 1.06 bits per heavy atom. The van der Waals surface area contributed by atoms with Crippen LogP contribution in [-0.2, 0) is 0 Å². The normalized spacial score (nSPS) is 11.0. The van der Waals surface area contributed by atoms with Gasteiger partial charge in [-0.2, -0.15) is 0 Å². The third-order valence-corrected chi connectivity index (χ3v) is 7.74. The molecule has 0 spiro atoms. The number of benzene rings is 2. The smallest absolute Gasteiger partial charge is 0.319 e. The molecule has 2 aromatic rings. The van der Waals surface area contributed by atoms with Crippen LogP contribution in [0.1, 0.15) is 110 Å². The number of rotatable bonds is 20. The van der Waals surface area contributed by atoms with Crippen molar-refractivity contribution in [3.8, 4) is 5.75 Å². The summed E-state index contributed by atoms with van der Waals surface area (Å²) in [5.41, 5.74) is 6.51. The number of anilines is 1. The lowest BCUT2D eigenvalue weighted by Crippen LogP contribution is -2.36. The lowest BCUT2D eigenvalue weighted by molar-refractivity contribution is 0.253. The fourth-order valence-electron chi connectivity index (χ4n) is 4.53. The monoisotopic (exact) mass is 512 g/mol. The number of aromatic hydroxyl groups is 1. The van der Waals surface area contributed by atoms with Crippen molar-refractivity contribution in [3.05, 3.63) is 48.5 Å². The standard InChI is InChI=1S/C31H48N2O2S/c1-2-3-4-5-6-7-8-9-10-11-12-13-14-15-16-17-26-33(31(32)35)27-18-22-29(23-19-27)36-30-24-20-28(34)21-25-30/h18-25,34H,2-17,26H2,1H3,(H2,32,35). The van der Waals surface area contributed by atoms with Crippen LogP contribution < -0.4 is 10.6 Å². The number of carbonyl (C=O) groups is 1. The number of nitrogens with two attached hydrogens (primary N) is 1. The van der Waals surface area contributed by atoms with Gasteiger partial charge in [-0.05, 0) is 55.0 Å². The number of unbranched alkanes of at least 4 members (excludes halogenated alkanes) is 15. The van der Waals surface area contributed by atoms with E-state index < -0.39 is 6.03 Å². The molecule has 0 saturated carbocycles. The van der Waals surface area contributed by atoms with Gasteiger partial charge < -0.3 is 10.8 Å². The molecular weight excluding hydrogens is 464 g/mol. The average Bonchev–Trinajstić information content (AvgIpc) is 2.88. The number of amides is 2. The van der Waals surface area contributed by atoms with Gasteiger partial charge in [-0.1, -0.05) is 115 Å². The Bertz CT molecular complexity index is 823. The number of hydrogen-bond donors (Lipinski definition) is 2. The first-order valence-corrected chi connectivity index (χ1v) is 15.1. The van der Waals surface area contributed by atoms with E-state index in [9.17, 15) is 9.90 Å². The topological polar surface area (TPSA) is 66.6 Å². The lowest BCUT2D eigenvalue weighted by Gasteiger charge is -2.20. The molecule has 2 rings (SSSR count). The van der Waals surface area contributed by atoms with E-state index in [1.54, 1.807) is 28.8 Å². The van der Waals surface area contributed by atoms with Gasteiger partial charge in [0.05, 0.1) is 0 Å². The second-order valence-corrected chi connectivity index (χ2v) is 11.0. The Morgan fingerprint density at radius 3 is 1.47 bits per heavy atom. The zero-order valence-electron chi connectivity index (χ0n) is 22.4. The number of urea groups is 1. The van der Waals surface area contributed by atoms with Crippen molar-refractivity contribution >= 4 is 23.5 Å². The minimum Gasteiger partial charge on any atom is -0.508 e. The minimum absolute atomic E-state index is 0.265. The van der Waals surface area contributed by atoms with Crippen LogP contribution in [0, 0.1) is 0 Å². The Balaban J connectivity index is 1.52. The Kier molecular flexibility index (Phi) is 15.9. The first-order chi connectivity index (χ1) is 17.6. The number of primary amides is 1. The molecule has 0 aliphatic rings. The molecule has 2 amide bonds. The summed E-state index contributed by atoms with van der Waals surface area (Å²) in [5, 5.41) is 9.42. The molecule has 36 heavy (non-hydrogen) atoms. The van der Waals surface area contributed by atoms with E-state index in [1.165, 1.54) is 89.9 Å². The van der Waals surface area contributed by atoms with E-state index in [1.807, 2.05) is 36.4 Å². The molecule has 0 saturated heterocycles. The zero-order valence-corrected chi connectivity index (χ0v) is 23.2. The van der Waals surface area contributed by atoms with Gasteiger partial charge in [0.1, 0.15) is 5.75 Å². The Morgan fingerprint density at radius 1 is 0.667 bits per heavy atom. The number of nitrogens with zero attached hydrogens (tertiary/aromatic N) is 1. The first kappa shape index (κ1) is 30.1. The van der Waals surface area contributed by atoms with Gasteiger partial charge in [0, 0.05) is 22.0 Å². The summed E-state index contributed by atoms with van der Waals surface area (Å²) in [7, 11) is 0. The molecule has 0 aliphatic carbocycles. The zero-order chi connectivity index (χ0) is 25.8. The van der Waals surface area contributed by atoms with E-state index in [4.69, 9.17) is 5.73 Å². The van der Waals surface area contributed by atoms with Gasteiger partial charge in [-0.3, -0.25) is 4.90 Å².